The van der Waals surface area contributed by atoms with Gasteiger partial charge in [-0.25, -0.2) is 0 Å². The Morgan fingerprint density at radius 3 is 2.41 bits per heavy atom. The predicted octanol–water partition coefficient (Wildman–Crippen LogP) is 3.78. The normalized spacial score (nSPS) is 33.1. The van der Waals surface area contributed by atoms with Crippen molar-refractivity contribution in [2.45, 2.75) is 75.6 Å². The first-order valence-electron chi connectivity index (χ1n) is 7.07. The van der Waals surface area contributed by atoms with Crippen LogP contribution < -0.4 is 5.32 Å². The van der Waals surface area contributed by atoms with E-state index in [0.717, 1.165) is 19.3 Å². The largest absolute Gasteiger partial charge is 0.352 e. The van der Waals surface area contributed by atoms with E-state index in [1.165, 1.54) is 38.5 Å². The molecule has 2 unspecified atom stereocenters. The van der Waals surface area contributed by atoms with E-state index in [1.54, 1.807) is 0 Å². The second-order valence-electron chi connectivity index (χ2n) is 6.00. The summed E-state index contributed by atoms with van der Waals surface area (Å²) in [6, 6.07) is 0.356. The molecule has 0 radical (unpaired) electrons. The highest BCUT2D eigenvalue weighted by molar-refractivity contribution is 9.09. The van der Waals surface area contributed by atoms with Gasteiger partial charge in [0.2, 0.25) is 5.91 Å². The average Bonchev–Trinajstić information content (AvgIpc) is 2.33. The lowest BCUT2D eigenvalue weighted by Crippen LogP contribution is -2.49. The highest BCUT2D eigenvalue weighted by Crippen LogP contribution is 2.36. The lowest BCUT2D eigenvalue weighted by molar-refractivity contribution is -0.132. The number of nitrogens with one attached hydrogen (secondary N) is 1. The molecule has 0 saturated heterocycles. The highest BCUT2D eigenvalue weighted by atomic mass is 79.9. The minimum Gasteiger partial charge on any atom is -0.352 e. The van der Waals surface area contributed by atoms with E-state index < -0.39 is 0 Å². The van der Waals surface area contributed by atoms with Gasteiger partial charge in [0, 0.05) is 16.3 Å². The number of alkyl halides is 1. The summed E-state index contributed by atoms with van der Waals surface area (Å²) < 4.78 is 0. The van der Waals surface area contributed by atoms with Gasteiger partial charge >= 0.3 is 0 Å². The van der Waals surface area contributed by atoms with Crippen LogP contribution in [-0.4, -0.2) is 16.8 Å². The molecule has 0 aromatic rings. The zero-order valence-electron chi connectivity index (χ0n) is 10.8. The van der Waals surface area contributed by atoms with E-state index >= 15 is 0 Å². The summed E-state index contributed by atoms with van der Waals surface area (Å²) in [6.07, 6.45) is 10.7. The van der Waals surface area contributed by atoms with E-state index in [-0.39, 0.29) is 5.41 Å². The lowest BCUT2D eigenvalue weighted by atomic mass is 9.74. The smallest absolute Gasteiger partial charge is 0.226 e. The predicted molar refractivity (Wildman–Crippen MR) is 74.3 cm³/mol. The second kappa shape index (κ2) is 5.73. The molecule has 0 spiro atoms. The number of hydrogen-bond acceptors (Lipinski definition) is 1. The van der Waals surface area contributed by atoms with E-state index in [9.17, 15) is 4.79 Å². The maximum atomic E-state index is 12.4. The summed E-state index contributed by atoms with van der Waals surface area (Å²) >= 11 is 3.71. The van der Waals surface area contributed by atoms with Crippen molar-refractivity contribution in [3.8, 4) is 0 Å². The molecule has 2 rings (SSSR count). The van der Waals surface area contributed by atoms with Gasteiger partial charge in [-0.3, -0.25) is 4.79 Å². The van der Waals surface area contributed by atoms with Gasteiger partial charge in [-0.2, -0.15) is 0 Å². The fraction of sp³-hybridized carbons (Fsp3) is 0.929. The maximum absolute atomic E-state index is 12.4. The van der Waals surface area contributed by atoms with Crippen LogP contribution in [0.3, 0.4) is 0 Å². The molecule has 2 nitrogen and oxygen atoms in total. The monoisotopic (exact) mass is 301 g/mol. The van der Waals surface area contributed by atoms with Gasteiger partial charge in [0.1, 0.15) is 0 Å². The molecule has 17 heavy (non-hydrogen) atoms. The molecular formula is C14H24BrNO. The topological polar surface area (TPSA) is 29.1 Å². The summed E-state index contributed by atoms with van der Waals surface area (Å²) in [7, 11) is 0. The van der Waals surface area contributed by atoms with Crippen molar-refractivity contribution in [1.29, 1.82) is 0 Å². The molecule has 1 N–H and O–H groups in total. The Morgan fingerprint density at radius 1 is 1.12 bits per heavy atom. The van der Waals surface area contributed by atoms with Gasteiger partial charge in [0.15, 0.2) is 0 Å². The average molecular weight is 302 g/mol. The third-order valence-corrected chi connectivity index (χ3v) is 5.60. The van der Waals surface area contributed by atoms with Crippen LogP contribution in [0.15, 0.2) is 0 Å². The van der Waals surface area contributed by atoms with Crippen LogP contribution in [0, 0.1) is 5.41 Å². The first kappa shape index (κ1) is 13.4. The van der Waals surface area contributed by atoms with E-state index in [2.05, 4.69) is 28.2 Å². The van der Waals surface area contributed by atoms with E-state index in [1.807, 2.05) is 0 Å². The molecule has 2 atom stereocenters. The number of carbonyl (C=O) groups excluding carboxylic acids is 1. The van der Waals surface area contributed by atoms with Crippen molar-refractivity contribution in [3.63, 3.8) is 0 Å². The molecule has 0 aromatic heterocycles. The summed E-state index contributed by atoms with van der Waals surface area (Å²) in [5.74, 6) is 0.300. The zero-order chi connectivity index (χ0) is 12.3. The van der Waals surface area contributed by atoms with Crippen molar-refractivity contribution >= 4 is 21.8 Å². The first-order valence-corrected chi connectivity index (χ1v) is 7.98. The molecule has 2 fully saturated rings. The van der Waals surface area contributed by atoms with Crippen molar-refractivity contribution in [2.24, 2.45) is 5.41 Å². The fourth-order valence-corrected chi connectivity index (χ4v) is 3.87. The second-order valence-corrected chi connectivity index (χ2v) is 7.18. The summed E-state index contributed by atoms with van der Waals surface area (Å²) in [5, 5.41) is 3.29. The Balaban J connectivity index is 1.90. The highest BCUT2D eigenvalue weighted by Gasteiger charge is 2.36. The Morgan fingerprint density at radius 2 is 1.76 bits per heavy atom. The molecule has 2 aliphatic rings. The number of rotatable bonds is 2. The SMILES string of the molecule is CC1(C(=O)NC2CCCCC2Br)CCCCC1. The van der Waals surface area contributed by atoms with Crippen molar-refractivity contribution < 1.29 is 4.79 Å². The molecule has 0 bridgehead atoms. The van der Waals surface area contributed by atoms with Crippen LogP contribution in [0.4, 0.5) is 0 Å². The molecule has 0 aromatic carbocycles. The van der Waals surface area contributed by atoms with Crippen molar-refractivity contribution in [1.82, 2.24) is 5.32 Å². The molecule has 0 heterocycles. The molecule has 0 aliphatic heterocycles. The van der Waals surface area contributed by atoms with Gasteiger partial charge in [0.05, 0.1) is 0 Å². The van der Waals surface area contributed by atoms with E-state index in [4.69, 9.17) is 0 Å². The molecule has 2 aliphatic carbocycles. The standard InChI is InChI=1S/C14H24BrNO/c1-14(9-5-2-6-10-14)13(17)16-12-8-4-3-7-11(12)15/h11-12H,2-10H2,1H3,(H,16,17). The van der Waals surface area contributed by atoms with Crippen molar-refractivity contribution in [3.05, 3.63) is 0 Å². The molecule has 3 heteroatoms. The van der Waals surface area contributed by atoms with Crippen LogP contribution in [0.2, 0.25) is 0 Å². The van der Waals surface area contributed by atoms with Gasteiger partial charge < -0.3 is 5.32 Å². The van der Waals surface area contributed by atoms with Crippen LogP contribution in [0.25, 0.3) is 0 Å². The maximum Gasteiger partial charge on any atom is 0.226 e. The van der Waals surface area contributed by atoms with Crippen LogP contribution in [0.1, 0.15) is 64.7 Å². The first-order chi connectivity index (χ1) is 8.12. The quantitative estimate of drug-likeness (QED) is 0.773. The Kier molecular flexibility index (Phi) is 4.51. The third-order valence-electron chi connectivity index (χ3n) is 4.50. The molecule has 98 valence electrons. The van der Waals surface area contributed by atoms with Gasteiger partial charge in [-0.15, -0.1) is 0 Å². The molecule has 1 amide bonds. The van der Waals surface area contributed by atoms with Gasteiger partial charge in [-0.1, -0.05) is 55.0 Å². The summed E-state index contributed by atoms with van der Waals surface area (Å²) in [4.78, 5) is 12.9. The number of halogens is 1. The Labute approximate surface area is 113 Å². The third kappa shape index (κ3) is 3.24. The van der Waals surface area contributed by atoms with Gasteiger partial charge in [0.25, 0.3) is 0 Å². The molecular weight excluding hydrogens is 278 g/mol. The Hall–Kier alpha value is -0.0500. The number of hydrogen-bond donors (Lipinski definition) is 1. The molecule has 2 saturated carbocycles. The fourth-order valence-electron chi connectivity index (χ4n) is 3.15. The van der Waals surface area contributed by atoms with Crippen molar-refractivity contribution in [2.75, 3.05) is 0 Å². The van der Waals surface area contributed by atoms with E-state index in [0.29, 0.717) is 16.8 Å². The van der Waals surface area contributed by atoms with Crippen LogP contribution >= 0.6 is 15.9 Å². The number of carbonyl (C=O) groups is 1. The Bertz CT molecular complexity index is 273. The van der Waals surface area contributed by atoms with Crippen LogP contribution in [-0.2, 0) is 4.79 Å². The number of amides is 1. The minimum absolute atomic E-state index is 0.0948. The summed E-state index contributed by atoms with van der Waals surface area (Å²) in [6.45, 7) is 2.15. The van der Waals surface area contributed by atoms with Gasteiger partial charge in [-0.05, 0) is 25.7 Å². The minimum atomic E-state index is -0.0948. The zero-order valence-corrected chi connectivity index (χ0v) is 12.4. The lowest BCUT2D eigenvalue weighted by Gasteiger charge is -2.36. The summed E-state index contributed by atoms with van der Waals surface area (Å²) in [5.41, 5.74) is -0.0948. The van der Waals surface area contributed by atoms with Crippen LogP contribution in [0.5, 0.6) is 0 Å².